The minimum absolute atomic E-state index is 0.0533. The molecule has 156 valence electrons. The van der Waals surface area contributed by atoms with E-state index in [0.29, 0.717) is 23.1 Å². The molecule has 1 fully saturated rings. The third-order valence-electron chi connectivity index (χ3n) is 4.64. The average Bonchev–Trinajstić information content (AvgIpc) is 3.21. The van der Waals surface area contributed by atoms with E-state index in [1.807, 2.05) is 0 Å². The Morgan fingerprint density at radius 3 is 2.62 bits per heavy atom. The molecule has 1 heterocycles. The van der Waals surface area contributed by atoms with Gasteiger partial charge in [0.15, 0.2) is 0 Å². The van der Waals surface area contributed by atoms with Crippen LogP contribution in [0.3, 0.4) is 0 Å². The zero-order valence-electron chi connectivity index (χ0n) is 16.1. The third-order valence-corrected chi connectivity index (χ3v) is 6.51. The fourth-order valence-corrected chi connectivity index (χ4v) is 4.66. The second-order valence-corrected chi connectivity index (χ2v) is 8.64. The van der Waals surface area contributed by atoms with Crippen molar-refractivity contribution >= 4 is 15.7 Å². The molecule has 1 amide bonds. The highest BCUT2D eigenvalue weighted by Gasteiger charge is 2.23. The SMILES string of the molecule is COc1ccc(S(=O)(=O)c2ccccc2CN(O)NC(=O)C[C@H]2CCCO2)cc1. The van der Waals surface area contributed by atoms with Crippen LogP contribution in [0.4, 0.5) is 0 Å². The zero-order valence-corrected chi connectivity index (χ0v) is 16.9. The van der Waals surface area contributed by atoms with E-state index in [-0.39, 0.29) is 28.9 Å². The fraction of sp³-hybridized carbons (Fsp3) is 0.350. The lowest BCUT2D eigenvalue weighted by Gasteiger charge is -2.19. The molecule has 0 radical (unpaired) electrons. The van der Waals surface area contributed by atoms with Gasteiger partial charge in [0.1, 0.15) is 5.75 Å². The maximum absolute atomic E-state index is 13.0. The molecule has 8 nitrogen and oxygen atoms in total. The van der Waals surface area contributed by atoms with Crippen LogP contribution in [-0.2, 0) is 25.9 Å². The molecule has 1 saturated heterocycles. The van der Waals surface area contributed by atoms with Crippen molar-refractivity contribution in [3.63, 3.8) is 0 Å². The van der Waals surface area contributed by atoms with E-state index >= 15 is 0 Å². The Labute approximate surface area is 169 Å². The smallest absolute Gasteiger partial charge is 0.238 e. The lowest BCUT2D eigenvalue weighted by molar-refractivity contribution is -0.167. The minimum atomic E-state index is -3.81. The Morgan fingerprint density at radius 2 is 1.97 bits per heavy atom. The predicted molar refractivity (Wildman–Crippen MR) is 104 cm³/mol. The van der Waals surface area contributed by atoms with Crippen LogP contribution in [0.1, 0.15) is 24.8 Å². The first kappa shape index (κ1) is 21.3. The van der Waals surface area contributed by atoms with Crippen molar-refractivity contribution in [2.75, 3.05) is 13.7 Å². The molecule has 1 atom stereocenters. The molecular formula is C20H24N2O6S. The summed E-state index contributed by atoms with van der Waals surface area (Å²) in [6.45, 7) is 0.445. The third kappa shape index (κ3) is 5.33. The van der Waals surface area contributed by atoms with E-state index in [9.17, 15) is 18.4 Å². The van der Waals surface area contributed by atoms with E-state index < -0.39 is 15.7 Å². The van der Waals surface area contributed by atoms with Crippen LogP contribution in [0.5, 0.6) is 5.75 Å². The Balaban J connectivity index is 1.72. The van der Waals surface area contributed by atoms with Crippen LogP contribution in [0, 0.1) is 0 Å². The first-order valence-corrected chi connectivity index (χ1v) is 10.7. The average molecular weight is 420 g/mol. The van der Waals surface area contributed by atoms with E-state index in [1.165, 1.54) is 25.3 Å². The lowest BCUT2D eigenvalue weighted by atomic mass is 10.2. The van der Waals surface area contributed by atoms with Gasteiger partial charge in [-0.1, -0.05) is 23.4 Å². The van der Waals surface area contributed by atoms with Crippen molar-refractivity contribution in [1.82, 2.24) is 10.6 Å². The van der Waals surface area contributed by atoms with Gasteiger partial charge in [0, 0.05) is 6.61 Å². The summed E-state index contributed by atoms with van der Waals surface area (Å²) in [5, 5.41) is 10.7. The van der Waals surface area contributed by atoms with Gasteiger partial charge in [-0.05, 0) is 48.7 Å². The molecule has 0 bridgehead atoms. The first-order chi connectivity index (χ1) is 13.9. The largest absolute Gasteiger partial charge is 0.497 e. The Hall–Kier alpha value is -2.46. The zero-order chi connectivity index (χ0) is 20.9. The Kier molecular flexibility index (Phi) is 6.86. The number of amides is 1. The number of nitrogens with one attached hydrogen (secondary N) is 1. The maximum Gasteiger partial charge on any atom is 0.238 e. The van der Waals surface area contributed by atoms with Crippen LogP contribution in [0.15, 0.2) is 58.3 Å². The first-order valence-electron chi connectivity index (χ1n) is 9.24. The summed E-state index contributed by atoms with van der Waals surface area (Å²) in [5.41, 5.74) is 2.70. The molecule has 1 aliphatic heterocycles. The quantitative estimate of drug-likeness (QED) is 0.632. The van der Waals surface area contributed by atoms with Gasteiger partial charge in [0.2, 0.25) is 15.7 Å². The number of methoxy groups -OCH3 is 1. The summed E-state index contributed by atoms with van der Waals surface area (Å²) in [4.78, 5) is 12.2. The highest BCUT2D eigenvalue weighted by Crippen LogP contribution is 2.26. The molecule has 1 aliphatic rings. The molecule has 2 N–H and O–H groups in total. The van der Waals surface area contributed by atoms with Gasteiger partial charge < -0.3 is 9.47 Å². The number of hydrogen-bond acceptors (Lipinski definition) is 7. The topological polar surface area (TPSA) is 105 Å². The Morgan fingerprint density at radius 1 is 1.24 bits per heavy atom. The number of hydroxylamine groups is 1. The molecule has 0 aromatic heterocycles. The van der Waals surface area contributed by atoms with Crippen molar-refractivity contribution in [2.24, 2.45) is 0 Å². The van der Waals surface area contributed by atoms with Crippen molar-refractivity contribution in [3.8, 4) is 5.75 Å². The monoisotopic (exact) mass is 420 g/mol. The van der Waals surface area contributed by atoms with Gasteiger partial charge in [-0.3, -0.25) is 15.4 Å². The van der Waals surface area contributed by atoms with Gasteiger partial charge in [-0.25, -0.2) is 8.42 Å². The molecule has 0 unspecified atom stereocenters. The summed E-state index contributed by atoms with van der Waals surface area (Å²) < 4.78 is 36.6. The van der Waals surface area contributed by atoms with E-state index in [4.69, 9.17) is 9.47 Å². The van der Waals surface area contributed by atoms with Gasteiger partial charge in [-0.2, -0.15) is 0 Å². The molecule has 3 rings (SSSR count). The normalized spacial score (nSPS) is 16.7. The Bertz CT molecular complexity index is 940. The molecular weight excluding hydrogens is 396 g/mol. The van der Waals surface area contributed by atoms with Crippen molar-refractivity contribution < 1.29 is 27.9 Å². The van der Waals surface area contributed by atoms with Gasteiger partial charge in [-0.15, -0.1) is 0 Å². The molecule has 0 spiro atoms. The van der Waals surface area contributed by atoms with Gasteiger partial charge in [0.25, 0.3) is 0 Å². The highest BCUT2D eigenvalue weighted by atomic mass is 32.2. The van der Waals surface area contributed by atoms with Crippen molar-refractivity contribution in [2.45, 2.75) is 41.7 Å². The van der Waals surface area contributed by atoms with Gasteiger partial charge >= 0.3 is 0 Å². The van der Waals surface area contributed by atoms with Crippen molar-refractivity contribution in [1.29, 1.82) is 0 Å². The van der Waals surface area contributed by atoms with Crippen LogP contribution in [0.2, 0.25) is 0 Å². The number of nitrogens with zero attached hydrogens (tertiary/aromatic N) is 1. The number of ether oxygens (including phenoxy) is 2. The maximum atomic E-state index is 13.0. The summed E-state index contributed by atoms with van der Waals surface area (Å²) in [5.74, 6) is 0.155. The fourth-order valence-electron chi connectivity index (χ4n) is 3.18. The predicted octanol–water partition coefficient (Wildman–Crippen LogP) is 2.32. The number of rotatable bonds is 8. The minimum Gasteiger partial charge on any atom is -0.497 e. The summed E-state index contributed by atoms with van der Waals surface area (Å²) in [7, 11) is -2.31. The van der Waals surface area contributed by atoms with Crippen LogP contribution < -0.4 is 10.2 Å². The lowest BCUT2D eigenvalue weighted by Crippen LogP contribution is -2.40. The highest BCUT2D eigenvalue weighted by molar-refractivity contribution is 7.91. The van der Waals surface area contributed by atoms with Crippen LogP contribution in [-0.4, -0.2) is 44.5 Å². The number of carbonyl (C=O) groups excluding carboxylic acids is 1. The number of hydrazine groups is 1. The second kappa shape index (κ2) is 9.36. The molecule has 0 saturated carbocycles. The number of carbonyl (C=O) groups is 1. The molecule has 0 aliphatic carbocycles. The molecule has 2 aromatic carbocycles. The summed E-state index contributed by atoms with van der Waals surface area (Å²) in [6, 6.07) is 12.4. The van der Waals surface area contributed by atoms with Gasteiger partial charge in [0.05, 0.1) is 36.0 Å². The van der Waals surface area contributed by atoms with Crippen molar-refractivity contribution in [3.05, 3.63) is 54.1 Å². The summed E-state index contributed by atoms with van der Waals surface area (Å²) in [6.07, 6.45) is 1.72. The molecule has 29 heavy (non-hydrogen) atoms. The van der Waals surface area contributed by atoms with Crippen LogP contribution >= 0.6 is 0 Å². The van der Waals surface area contributed by atoms with Crippen LogP contribution in [0.25, 0.3) is 0 Å². The molecule has 9 heteroatoms. The van der Waals surface area contributed by atoms with E-state index in [2.05, 4.69) is 5.43 Å². The van der Waals surface area contributed by atoms with E-state index in [1.54, 1.807) is 30.3 Å². The standard InChI is InChI=1S/C20H24N2O6S/c1-27-16-8-10-18(11-9-16)29(25,26)19-7-3-2-5-15(19)14-22(24)21-20(23)13-17-6-4-12-28-17/h2-3,5,7-11,17,24H,4,6,12-14H2,1H3,(H,21,23)/t17-/m1/s1. The number of benzene rings is 2. The molecule has 2 aromatic rings. The number of hydrogen-bond donors (Lipinski definition) is 2. The van der Waals surface area contributed by atoms with E-state index in [0.717, 1.165) is 12.8 Å². The summed E-state index contributed by atoms with van der Waals surface area (Å²) >= 11 is 0. The second-order valence-electron chi connectivity index (χ2n) is 6.72. The number of sulfone groups is 1.